The van der Waals surface area contributed by atoms with Crippen molar-refractivity contribution in [2.75, 3.05) is 0 Å². The van der Waals surface area contributed by atoms with Gasteiger partial charge in [0.15, 0.2) is 0 Å². The molecule has 0 unspecified atom stereocenters. The second kappa shape index (κ2) is 5.00. The molecule has 0 radical (unpaired) electrons. The summed E-state index contributed by atoms with van der Waals surface area (Å²) in [5, 5.41) is 0. The number of hydrogen-bond donors (Lipinski definition) is 0. The van der Waals surface area contributed by atoms with E-state index >= 15 is 0 Å². The third kappa shape index (κ3) is 2.12. The van der Waals surface area contributed by atoms with Crippen LogP contribution in [-0.2, 0) is 0 Å². The van der Waals surface area contributed by atoms with E-state index in [1.165, 1.54) is 10.8 Å². The summed E-state index contributed by atoms with van der Waals surface area (Å²) in [7, 11) is 0. The molecule has 1 aromatic carbocycles. The Hall–Kier alpha value is -2.16. The molecule has 18 heavy (non-hydrogen) atoms. The Morgan fingerprint density at radius 2 is 1.78 bits per heavy atom. The van der Waals surface area contributed by atoms with E-state index in [0.717, 1.165) is 11.1 Å². The number of aromatic nitrogens is 1. The number of carbonyl (C=O) groups is 1. The van der Waals surface area contributed by atoms with E-state index in [9.17, 15) is 9.59 Å². The van der Waals surface area contributed by atoms with Crippen molar-refractivity contribution in [2.45, 2.75) is 20.3 Å². The average Bonchev–Trinajstić information content (AvgIpc) is 2.39. The van der Waals surface area contributed by atoms with Gasteiger partial charge in [0.25, 0.3) is 5.56 Å². The largest absolute Gasteiger partial charge is 0.274 e. The number of benzene rings is 1. The first-order chi connectivity index (χ1) is 8.65. The Morgan fingerprint density at radius 3 is 2.44 bits per heavy atom. The van der Waals surface area contributed by atoms with Gasteiger partial charge in [0.05, 0.1) is 0 Å². The van der Waals surface area contributed by atoms with Gasteiger partial charge >= 0.3 is 0 Å². The molecule has 0 saturated heterocycles. The van der Waals surface area contributed by atoms with Gasteiger partial charge in [-0.05, 0) is 30.2 Å². The highest BCUT2D eigenvalue weighted by Gasteiger charge is 2.10. The maximum Gasteiger partial charge on any atom is 0.265 e. The van der Waals surface area contributed by atoms with Gasteiger partial charge in [0.2, 0.25) is 5.91 Å². The average molecular weight is 241 g/mol. The van der Waals surface area contributed by atoms with Crippen molar-refractivity contribution in [1.82, 2.24) is 4.57 Å². The fraction of sp³-hybridized carbons (Fsp3) is 0.200. The van der Waals surface area contributed by atoms with E-state index in [-0.39, 0.29) is 11.5 Å². The van der Waals surface area contributed by atoms with Crippen LogP contribution in [0.5, 0.6) is 0 Å². The van der Waals surface area contributed by atoms with Crippen molar-refractivity contribution in [1.29, 1.82) is 0 Å². The van der Waals surface area contributed by atoms with Crippen LogP contribution in [0.2, 0.25) is 0 Å². The second-order valence-corrected chi connectivity index (χ2v) is 4.16. The molecule has 0 saturated carbocycles. The molecule has 0 bridgehead atoms. The normalized spacial score (nSPS) is 10.3. The zero-order valence-electron chi connectivity index (χ0n) is 10.5. The van der Waals surface area contributed by atoms with E-state index in [1.807, 2.05) is 31.2 Å². The van der Waals surface area contributed by atoms with Crippen LogP contribution in [0.1, 0.15) is 23.7 Å². The molecule has 1 aromatic heterocycles. The number of hydrogen-bond acceptors (Lipinski definition) is 2. The first kappa shape index (κ1) is 12.3. The fourth-order valence-corrected chi connectivity index (χ4v) is 1.94. The van der Waals surface area contributed by atoms with Crippen LogP contribution in [-0.4, -0.2) is 10.5 Å². The van der Waals surface area contributed by atoms with Crippen LogP contribution in [0.3, 0.4) is 0 Å². The molecule has 0 spiro atoms. The molecule has 2 rings (SSSR count). The second-order valence-electron chi connectivity index (χ2n) is 4.16. The summed E-state index contributed by atoms with van der Waals surface area (Å²) in [5.41, 5.74) is 2.22. The van der Waals surface area contributed by atoms with Gasteiger partial charge in [-0.25, -0.2) is 0 Å². The van der Waals surface area contributed by atoms with Gasteiger partial charge in [0.1, 0.15) is 0 Å². The quantitative estimate of drug-likeness (QED) is 0.811. The molecule has 2 aromatic rings. The number of pyridine rings is 1. The van der Waals surface area contributed by atoms with E-state index in [0.29, 0.717) is 12.0 Å². The van der Waals surface area contributed by atoms with Crippen molar-refractivity contribution in [3.63, 3.8) is 0 Å². The highest BCUT2D eigenvalue weighted by molar-refractivity contribution is 5.80. The Morgan fingerprint density at radius 1 is 1.11 bits per heavy atom. The highest BCUT2D eigenvalue weighted by Crippen LogP contribution is 2.19. The summed E-state index contributed by atoms with van der Waals surface area (Å²) < 4.78 is 1.18. The molecule has 1 heterocycles. The van der Waals surface area contributed by atoms with Gasteiger partial charge in [-0.3, -0.25) is 14.2 Å². The predicted octanol–water partition coefficient (Wildman–Crippen LogP) is 2.87. The minimum absolute atomic E-state index is 0.185. The van der Waals surface area contributed by atoms with Crippen molar-refractivity contribution in [3.8, 4) is 11.1 Å². The predicted molar refractivity (Wildman–Crippen MR) is 71.8 cm³/mol. The van der Waals surface area contributed by atoms with Crippen LogP contribution < -0.4 is 5.56 Å². The van der Waals surface area contributed by atoms with Gasteiger partial charge in [-0.2, -0.15) is 0 Å². The standard InChI is InChI=1S/C15H15NO2/c1-3-14(17)16-10-6-9-13(15(16)18)12-8-5-4-7-11(12)2/h4-10H,3H2,1-2H3. The number of carbonyl (C=O) groups excluding carboxylic acids is 1. The van der Waals surface area contributed by atoms with Gasteiger partial charge < -0.3 is 0 Å². The topological polar surface area (TPSA) is 39.1 Å². The minimum atomic E-state index is -0.251. The molecule has 0 aliphatic carbocycles. The minimum Gasteiger partial charge on any atom is -0.274 e. The number of rotatable bonds is 2. The Balaban J connectivity index is 2.64. The van der Waals surface area contributed by atoms with Crippen molar-refractivity contribution in [3.05, 3.63) is 58.5 Å². The summed E-state index contributed by atoms with van der Waals surface area (Å²) in [5.74, 6) is -0.185. The van der Waals surface area contributed by atoms with Crippen LogP contribution in [0.25, 0.3) is 11.1 Å². The summed E-state index contributed by atoms with van der Waals surface area (Å²) >= 11 is 0. The zero-order chi connectivity index (χ0) is 13.1. The van der Waals surface area contributed by atoms with Crippen LogP contribution in [0, 0.1) is 6.92 Å². The van der Waals surface area contributed by atoms with Gasteiger partial charge in [0, 0.05) is 18.2 Å². The molecule has 0 fully saturated rings. The SMILES string of the molecule is CCC(=O)n1cccc(-c2ccccc2C)c1=O. The fourth-order valence-electron chi connectivity index (χ4n) is 1.94. The Kier molecular flexibility index (Phi) is 3.42. The van der Waals surface area contributed by atoms with Crippen molar-refractivity contribution >= 4 is 5.91 Å². The summed E-state index contributed by atoms with van der Waals surface area (Å²) in [6.45, 7) is 3.70. The van der Waals surface area contributed by atoms with Gasteiger partial charge in [-0.1, -0.05) is 31.2 Å². The first-order valence-electron chi connectivity index (χ1n) is 5.96. The molecule has 0 amide bonds. The van der Waals surface area contributed by atoms with Crippen LogP contribution in [0.15, 0.2) is 47.4 Å². The van der Waals surface area contributed by atoms with E-state index < -0.39 is 0 Å². The maximum atomic E-state index is 12.3. The Bertz CT molecular complexity index is 641. The molecule has 0 aliphatic rings. The molecule has 92 valence electrons. The molecule has 0 atom stereocenters. The number of aryl methyl sites for hydroxylation is 1. The van der Waals surface area contributed by atoms with Gasteiger partial charge in [-0.15, -0.1) is 0 Å². The van der Waals surface area contributed by atoms with E-state index in [2.05, 4.69) is 0 Å². The summed E-state index contributed by atoms with van der Waals surface area (Å²) in [6, 6.07) is 11.2. The lowest BCUT2D eigenvalue weighted by Gasteiger charge is -2.08. The molecule has 0 N–H and O–H groups in total. The first-order valence-corrected chi connectivity index (χ1v) is 5.96. The lowest BCUT2D eigenvalue weighted by Crippen LogP contribution is -2.26. The van der Waals surface area contributed by atoms with E-state index in [4.69, 9.17) is 0 Å². The van der Waals surface area contributed by atoms with Crippen LogP contribution >= 0.6 is 0 Å². The Labute approximate surface area is 106 Å². The van der Waals surface area contributed by atoms with Crippen molar-refractivity contribution < 1.29 is 4.79 Å². The third-order valence-corrected chi connectivity index (χ3v) is 2.95. The summed E-state index contributed by atoms with van der Waals surface area (Å²) in [6.07, 6.45) is 1.84. The summed E-state index contributed by atoms with van der Waals surface area (Å²) in [4.78, 5) is 23.9. The maximum absolute atomic E-state index is 12.3. The van der Waals surface area contributed by atoms with Crippen molar-refractivity contribution in [2.24, 2.45) is 0 Å². The molecule has 3 nitrogen and oxygen atoms in total. The zero-order valence-corrected chi connectivity index (χ0v) is 10.5. The third-order valence-electron chi connectivity index (χ3n) is 2.95. The monoisotopic (exact) mass is 241 g/mol. The highest BCUT2D eigenvalue weighted by atomic mass is 16.2. The molecular formula is C15H15NO2. The lowest BCUT2D eigenvalue weighted by molar-refractivity contribution is 0.0904. The smallest absolute Gasteiger partial charge is 0.265 e. The molecule has 0 aliphatic heterocycles. The number of nitrogens with zero attached hydrogens (tertiary/aromatic N) is 1. The van der Waals surface area contributed by atoms with Crippen LogP contribution in [0.4, 0.5) is 0 Å². The molecular weight excluding hydrogens is 226 g/mol. The molecule has 3 heteroatoms. The lowest BCUT2D eigenvalue weighted by atomic mass is 10.0. The van der Waals surface area contributed by atoms with E-state index in [1.54, 1.807) is 19.1 Å².